The van der Waals surface area contributed by atoms with Crippen LogP contribution in [0.4, 0.5) is 32.0 Å². The molecule has 2 aromatic heterocycles. The third-order valence-corrected chi connectivity index (χ3v) is 8.04. The molecule has 0 aromatic carbocycles. The molecule has 3 fully saturated rings. The van der Waals surface area contributed by atoms with Crippen molar-refractivity contribution >= 4 is 11.6 Å². The van der Waals surface area contributed by atoms with Gasteiger partial charge < -0.3 is 20.2 Å². The van der Waals surface area contributed by atoms with Crippen molar-refractivity contribution < 1.29 is 40.7 Å². The first-order valence-electron chi connectivity index (χ1n) is 12.0. The average molecular weight is 533 g/mol. The SMILES string of the molecule is CC1CC2(N3CCCCC[C@](O)(C(F)(F)F)c4nnc(o4)-c4nc(c(C(F)(F)F)cc4N)C3=O)CC1C2. The number of nitrogen functional groups attached to an aromatic ring is 1. The standard InChI is InChI=1S/C23H25F6N5O3/c1-11-8-20(9-12(11)10-20)34-6-4-2-3-5-21(36,23(27,28)29)19-33-32-17(37-19)16-14(30)7-13(22(24,25)26)15(31-16)18(34)35/h7,11-12,36H,2-6,8-10,30H2,1H3/t11?,12?,20?,21-/m1/s1. The number of carbonyl (C=O) groups is 1. The number of fused-ring (bicyclic) bond motifs is 6. The van der Waals surface area contributed by atoms with Crippen molar-refractivity contribution in [2.45, 2.75) is 75.4 Å². The van der Waals surface area contributed by atoms with Gasteiger partial charge in [-0.1, -0.05) is 13.3 Å². The molecule has 37 heavy (non-hydrogen) atoms. The lowest BCUT2D eigenvalue weighted by Crippen LogP contribution is -2.55. The molecule has 6 bridgehead atoms. The van der Waals surface area contributed by atoms with Crippen molar-refractivity contribution in [1.82, 2.24) is 20.1 Å². The predicted octanol–water partition coefficient (Wildman–Crippen LogP) is 4.69. The number of nitrogens with two attached hydrogens (primary N) is 1. The number of hydrogen-bond donors (Lipinski definition) is 2. The van der Waals surface area contributed by atoms with Crippen LogP contribution in [0.25, 0.3) is 11.6 Å². The Kier molecular flexibility index (Phi) is 5.77. The Bertz CT molecular complexity index is 1220. The van der Waals surface area contributed by atoms with Crippen molar-refractivity contribution in [2.24, 2.45) is 11.8 Å². The summed E-state index contributed by atoms with van der Waals surface area (Å²) in [6, 6.07) is 0.498. The van der Waals surface area contributed by atoms with Crippen molar-refractivity contribution in [3.8, 4) is 11.6 Å². The van der Waals surface area contributed by atoms with E-state index in [0.29, 0.717) is 31.2 Å². The number of aromatic nitrogens is 3. The summed E-state index contributed by atoms with van der Waals surface area (Å²) in [5.41, 5.74) is -1.81. The number of nitrogens with zero attached hydrogens (tertiary/aromatic N) is 4. The molecule has 4 aliphatic rings. The zero-order valence-electron chi connectivity index (χ0n) is 19.8. The fraction of sp³-hybridized carbons (Fsp3) is 0.652. The van der Waals surface area contributed by atoms with E-state index in [1.165, 1.54) is 4.90 Å². The maximum Gasteiger partial charge on any atom is 0.426 e. The molecule has 202 valence electrons. The van der Waals surface area contributed by atoms with Crippen LogP contribution in [0.5, 0.6) is 0 Å². The van der Waals surface area contributed by atoms with E-state index in [0.717, 1.165) is 0 Å². The Morgan fingerprint density at radius 3 is 2.38 bits per heavy atom. The van der Waals surface area contributed by atoms with Crippen molar-refractivity contribution in [2.75, 3.05) is 12.3 Å². The van der Waals surface area contributed by atoms with Crippen molar-refractivity contribution in [3.63, 3.8) is 0 Å². The average Bonchev–Trinajstić information content (AvgIpc) is 3.46. The fourth-order valence-corrected chi connectivity index (χ4v) is 6.03. The summed E-state index contributed by atoms with van der Waals surface area (Å²) in [4.78, 5) is 19.0. The minimum Gasteiger partial charge on any atom is -0.416 e. The van der Waals surface area contributed by atoms with Gasteiger partial charge in [-0.3, -0.25) is 4.79 Å². The van der Waals surface area contributed by atoms with Gasteiger partial charge in [0.1, 0.15) is 5.69 Å². The van der Waals surface area contributed by atoms with E-state index < -0.39 is 70.2 Å². The number of anilines is 1. The molecule has 0 saturated heterocycles. The number of alkyl halides is 6. The molecule has 0 radical (unpaired) electrons. The second kappa shape index (κ2) is 8.30. The van der Waals surface area contributed by atoms with E-state index in [-0.39, 0.29) is 31.7 Å². The molecule has 3 N–H and O–H groups in total. The van der Waals surface area contributed by atoms with Gasteiger partial charge in [0.05, 0.1) is 11.3 Å². The van der Waals surface area contributed by atoms with Gasteiger partial charge in [0.15, 0.2) is 5.69 Å². The number of amides is 1. The van der Waals surface area contributed by atoms with Crippen LogP contribution in [0.2, 0.25) is 0 Å². The summed E-state index contributed by atoms with van der Waals surface area (Å²) in [7, 11) is 0. The molecule has 2 aromatic rings. The zero-order chi connectivity index (χ0) is 27.0. The number of pyridine rings is 1. The Hall–Kier alpha value is -2.90. The number of rotatable bonds is 1. The number of aliphatic hydroxyl groups is 1. The minimum absolute atomic E-state index is 0.0415. The highest BCUT2D eigenvalue weighted by atomic mass is 19.4. The lowest BCUT2D eigenvalue weighted by atomic mass is 9.74. The normalized spacial score (nSPS) is 30.7. The predicted molar refractivity (Wildman–Crippen MR) is 116 cm³/mol. The van der Waals surface area contributed by atoms with Gasteiger partial charge in [-0.25, -0.2) is 4.98 Å². The van der Waals surface area contributed by atoms with E-state index in [9.17, 15) is 36.2 Å². The molecule has 3 aliphatic carbocycles. The number of hydrogen-bond acceptors (Lipinski definition) is 7. The van der Waals surface area contributed by atoms with E-state index >= 15 is 0 Å². The van der Waals surface area contributed by atoms with Crippen LogP contribution in [0.3, 0.4) is 0 Å². The van der Waals surface area contributed by atoms with Crippen LogP contribution >= 0.6 is 0 Å². The van der Waals surface area contributed by atoms with E-state index in [2.05, 4.69) is 15.2 Å². The fourth-order valence-electron chi connectivity index (χ4n) is 6.03. The van der Waals surface area contributed by atoms with Crippen molar-refractivity contribution in [3.05, 3.63) is 23.2 Å². The van der Waals surface area contributed by atoms with Gasteiger partial charge >= 0.3 is 12.4 Å². The molecule has 8 nitrogen and oxygen atoms in total. The second-order valence-electron chi connectivity index (χ2n) is 10.4. The van der Waals surface area contributed by atoms with Gasteiger partial charge in [0.25, 0.3) is 17.7 Å². The Morgan fingerprint density at radius 2 is 1.78 bits per heavy atom. The molecule has 3 saturated carbocycles. The van der Waals surface area contributed by atoms with Gasteiger partial charge in [0, 0.05) is 12.1 Å². The maximum absolute atomic E-state index is 14.0. The van der Waals surface area contributed by atoms with Gasteiger partial charge in [-0.15, -0.1) is 10.2 Å². The minimum atomic E-state index is -5.17. The van der Waals surface area contributed by atoms with Gasteiger partial charge in [-0.05, 0) is 56.4 Å². The Balaban J connectivity index is 1.67. The molecule has 2 atom stereocenters. The number of carbonyl (C=O) groups excluding carboxylic acids is 1. The molecule has 1 aliphatic heterocycles. The van der Waals surface area contributed by atoms with Crippen LogP contribution < -0.4 is 5.73 Å². The first-order chi connectivity index (χ1) is 17.2. The number of halogens is 6. The molecule has 0 spiro atoms. The summed E-state index contributed by atoms with van der Waals surface area (Å²) in [5.74, 6) is -2.20. The highest BCUT2D eigenvalue weighted by Gasteiger charge is 2.60. The highest BCUT2D eigenvalue weighted by Crippen LogP contribution is 2.59. The maximum atomic E-state index is 14.0. The van der Waals surface area contributed by atoms with Crippen LogP contribution in [-0.4, -0.2) is 49.4 Å². The highest BCUT2D eigenvalue weighted by molar-refractivity contribution is 5.96. The molecule has 1 unspecified atom stereocenters. The first-order valence-corrected chi connectivity index (χ1v) is 12.0. The molecule has 1 amide bonds. The third-order valence-electron chi connectivity index (χ3n) is 8.04. The topological polar surface area (TPSA) is 118 Å². The van der Waals surface area contributed by atoms with Gasteiger partial charge in [-0.2, -0.15) is 26.3 Å². The molecule has 14 heteroatoms. The summed E-state index contributed by atoms with van der Waals surface area (Å²) in [5, 5.41) is 17.3. The van der Waals surface area contributed by atoms with Crippen LogP contribution in [-0.2, 0) is 11.8 Å². The summed E-state index contributed by atoms with van der Waals surface area (Å²) >= 11 is 0. The van der Waals surface area contributed by atoms with Crippen molar-refractivity contribution in [1.29, 1.82) is 0 Å². The lowest BCUT2D eigenvalue weighted by molar-refractivity contribution is -0.277. The monoisotopic (exact) mass is 533 g/mol. The van der Waals surface area contributed by atoms with Crippen LogP contribution in [0.1, 0.15) is 73.8 Å². The first kappa shape index (κ1) is 25.7. The van der Waals surface area contributed by atoms with E-state index in [4.69, 9.17) is 10.2 Å². The molecule has 3 heterocycles. The summed E-state index contributed by atoms with van der Waals surface area (Å²) < 4.78 is 88.7. The quantitative estimate of drug-likeness (QED) is 0.511. The summed E-state index contributed by atoms with van der Waals surface area (Å²) in [6.45, 7) is 2.07. The summed E-state index contributed by atoms with van der Waals surface area (Å²) in [6.07, 6.45) is -8.75. The largest absolute Gasteiger partial charge is 0.426 e. The third kappa shape index (κ3) is 4.03. The molecular weight excluding hydrogens is 508 g/mol. The smallest absolute Gasteiger partial charge is 0.416 e. The van der Waals surface area contributed by atoms with E-state index in [1.807, 2.05) is 6.92 Å². The Morgan fingerprint density at radius 1 is 1.08 bits per heavy atom. The van der Waals surface area contributed by atoms with Crippen LogP contribution in [0.15, 0.2) is 10.5 Å². The zero-order valence-corrected chi connectivity index (χ0v) is 19.8. The van der Waals surface area contributed by atoms with Gasteiger partial charge in [0.2, 0.25) is 5.60 Å². The van der Waals surface area contributed by atoms with Crippen LogP contribution in [0, 0.1) is 11.8 Å². The Labute approximate surface area is 207 Å². The second-order valence-corrected chi connectivity index (χ2v) is 10.4. The van der Waals surface area contributed by atoms with E-state index in [1.54, 1.807) is 0 Å². The molecule has 6 rings (SSSR count). The molecular formula is C23H25F6N5O3. The lowest BCUT2D eigenvalue weighted by Gasteiger charge is -2.48.